The molecule has 1 heteroatoms. The zero-order chi connectivity index (χ0) is 26.7. The van der Waals surface area contributed by atoms with Crippen molar-refractivity contribution in [3.8, 4) is 11.1 Å². The monoisotopic (exact) mass is 509 g/mol. The maximum Gasteiger partial charge on any atom is 0.0531 e. The predicted molar refractivity (Wildman–Crippen MR) is 165 cm³/mol. The Kier molecular flexibility index (Phi) is 5.81. The molecule has 0 fully saturated rings. The van der Waals surface area contributed by atoms with Gasteiger partial charge in [0.15, 0.2) is 0 Å². The molecule has 1 aliphatic heterocycles. The average molecular weight is 510 g/mol. The third kappa shape index (κ3) is 3.38. The number of anilines is 1. The quantitative estimate of drug-likeness (QED) is 0.338. The van der Waals surface area contributed by atoms with E-state index in [1.165, 1.54) is 45.6 Å². The SMILES string of the molecule is CCC1C2=C(C=CCC2C)N(c2ccc3c(c2)-c2ccccc2C3(c2ccccc2)C2C=CC=CC2C)C1C. The highest BCUT2D eigenvalue weighted by atomic mass is 15.2. The maximum atomic E-state index is 2.65. The largest absolute Gasteiger partial charge is 0.338 e. The molecule has 0 spiro atoms. The van der Waals surface area contributed by atoms with Gasteiger partial charge in [-0.1, -0.05) is 112 Å². The summed E-state index contributed by atoms with van der Waals surface area (Å²) in [4.78, 5) is 2.65. The first-order valence-electron chi connectivity index (χ1n) is 14.9. The van der Waals surface area contributed by atoms with Crippen molar-refractivity contribution in [2.45, 2.75) is 52.0 Å². The Bertz CT molecular complexity index is 1540. The van der Waals surface area contributed by atoms with Crippen LogP contribution in [-0.4, -0.2) is 6.04 Å². The van der Waals surface area contributed by atoms with Crippen molar-refractivity contribution >= 4 is 5.69 Å². The first-order chi connectivity index (χ1) is 19.1. The molecule has 0 N–H and O–H groups in total. The van der Waals surface area contributed by atoms with Crippen LogP contribution < -0.4 is 4.90 Å². The Morgan fingerprint density at radius 1 is 0.821 bits per heavy atom. The Labute approximate surface area is 234 Å². The highest BCUT2D eigenvalue weighted by Gasteiger charge is 2.51. The minimum atomic E-state index is -0.224. The Balaban J connectivity index is 1.46. The third-order valence-electron chi connectivity index (χ3n) is 10.2. The molecule has 0 radical (unpaired) electrons. The van der Waals surface area contributed by atoms with E-state index in [1.807, 2.05) is 0 Å². The highest BCUT2D eigenvalue weighted by Crippen LogP contribution is 2.59. The second kappa shape index (κ2) is 9.26. The second-order valence-electron chi connectivity index (χ2n) is 12.1. The first-order valence-corrected chi connectivity index (χ1v) is 14.9. The molecule has 0 saturated carbocycles. The maximum absolute atomic E-state index is 2.65. The van der Waals surface area contributed by atoms with Gasteiger partial charge in [0.2, 0.25) is 0 Å². The minimum absolute atomic E-state index is 0.224. The molecule has 4 aliphatic rings. The van der Waals surface area contributed by atoms with Gasteiger partial charge in [0.25, 0.3) is 0 Å². The molecule has 39 heavy (non-hydrogen) atoms. The van der Waals surface area contributed by atoms with E-state index in [2.05, 4.69) is 142 Å². The lowest BCUT2D eigenvalue weighted by Crippen LogP contribution is -2.39. The van der Waals surface area contributed by atoms with E-state index < -0.39 is 0 Å². The van der Waals surface area contributed by atoms with Crippen molar-refractivity contribution in [3.05, 3.63) is 137 Å². The van der Waals surface area contributed by atoms with Crippen LogP contribution in [0.15, 0.2) is 121 Å². The molecule has 0 amide bonds. The van der Waals surface area contributed by atoms with Crippen molar-refractivity contribution in [2.75, 3.05) is 4.90 Å². The second-order valence-corrected chi connectivity index (χ2v) is 12.1. The summed E-state index contributed by atoms with van der Waals surface area (Å²) in [6.07, 6.45) is 16.4. The van der Waals surface area contributed by atoms with Gasteiger partial charge < -0.3 is 4.90 Å². The molecular weight excluding hydrogens is 470 g/mol. The van der Waals surface area contributed by atoms with Crippen molar-refractivity contribution < 1.29 is 0 Å². The van der Waals surface area contributed by atoms with Gasteiger partial charge in [0.05, 0.1) is 5.41 Å². The molecule has 3 aliphatic carbocycles. The number of hydrogen-bond donors (Lipinski definition) is 0. The molecule has 0 saturated heterocycles. The lowest BCUT2D eigenvalue weighted by Gasteiger charge is -2.42. The summed E-state index contributed by atoms with van der Waals surface area (Å²) in [7, 11) is 0. The van der Waals surface area contributed by atoms with Crippen LogP contribution in [0.25, 0.3) is 11.1 Å². The molecule has 0 aromatic heterocycles. The molecule has 7 rings (SSSR count). The number of fused-ring (bicyclic) bond motifs is 3. The van der Waals surface area contributed by atoms with Gasteiger partial charge in [-0.2, -0.15) is 0 Å². The molecule has 6 unspecified atom stereocenters. The lowest BCUT2D eigenvalue weighted by atomic mass is 9.60. The van der Waals surface area contributed by atoms with Gasteiger partial charge >= 0.3 is 0 Å². The van der Waals surface area contributed by atoms with Crippen LogP contribution in [0, 0.1) is 23.7 Å². The molecule has 1 heterocycles. The smallest absolute Gasteiger partial charge is 0.0531 e. The average Bonchev–Trinajstić information content (AvgIpc) is 3.43. The topological polar surface area (TPSA) is 3.24 Å². The van der Waals surface area contributed by atoms with E-state index in [0.717, 1.165) is 6.42 Å². The minimum Gasteiger partial charge on any atom is -0.338 e. The molecule has 3 aromatic carbocycles. The van der Waals surface area contributed by atoms with Crippen LogP contribution in [0.5, 0.6) is 0 Å². The first kappa shape index (κ1) is 24.5. The summed E-state index contributed by atoms with van der Waals surface area (Å²) >= 11 is 0. The zero-order valence-corrected chi connectivity index (χ0v) is 23.6. The van der Waals surface area contributed by atoms with E-state index in [9.17, 15) is 0 Å². The molecule has 6 atom stereocenters. The van der Waals surface area contributed by atoms with Crippen molar-refractivity contribution in [1.82, 2.24) is 0 Å². The fourth-order valence-electron chi connectivity index (χ4n) is 8.50. The van der Waals surface area contributed by atoms with Crippen LogP contribution >= 0.6 is 0 Å². The van der Waals surface area contributed by atoms with Crippen LogP contribution in [-0.2, 0) is 5.41 Å². The Hall–Kier alpha value is -3.58. The van der Waals surface area contributed by atoms with Crippen LogP contribution in [0.1, 0.15) is 57.2 Å². The summed E-state index contributed by atoms with van der Waals surface area (Å²) in [5, 5.41) is 0. The summed E-state index contributed by atoms with van der Waals surface area (Å²) in [5.74, 6) is 2.00. The number of nitrogens with zero attached hydrogens (tertiary/aromatic N) is 1. The van der Waals surface area contributed by atoms with Crippen LogP contribution in [0.3, 0.4) is 0 Å². The fraction of sp³-hybridized carbons (Fsp3) is 0.316. The molecular formula is C38H39N. The van der Waals surface area contributed by atoms with Crippen LogP contribution in [0.2, 0.25) is 0 Å². The van der Waals surface area contributed by atoms with Gasteiger partial charge in [-0.15, -0.1) is 0 Å². The Morgan fingerprint density at radius 3 is 2.36 bits per heavy atom. The fourth-order valence-corrected chi connectivity index (χ4v) is 8.50. The summed E-state index contributed by atoms with van der Waals surface area (Å²) in [6, 6.07) is 28.3. The lowest BCUT2D eigenvalue weighted by molar-refractivity contribution is 0.374. The number of rotatable bonds is 4. The van der Waals surface area contributed by atoms with E-state index in [4.69, 9.17) is 0 Å². The van der Waals surface area contributed by atoms with Gasteiger partial charge in [0.1, 0.15) is 0 Å². The molecule has 1 nitrogen and oxygen atoms in total. The zero-order valence-electron chi connectivity index (χ0n) is 23.6. The Morgan fingerprint density at radius 2 is 1.56 bits per heavy atom. The van der Waals surface area contributed by atoms with Gasteiger partial charge in [0, 0.05) is 29.3 Å². The van der Waals surface area contributed by atoms with Crippen molar-refractivity contribution in [3.63, 3.8) is 0 Å². The normalized spacial score (nSPS) is 30.5. The van der Waals surface area contributed by atoms with Crippen molar-refractivity contribution in [1.29, 1.82) is 0 Å². The number of allylic oxidation sites excluding steroid dienone is 6. The molecule has 0 bridgehead atoms. The van der Waals surface area contributed by atoms with Crippen molar-refractivity contribution in [2.24, 2.45) is 23.7 Å². The predicted octanol–water partition coefficient (Wildman–Crippen LogP) is 9.46. The standard InChI is InChI=1S/C38H39N/c1-5-30-27(4)39(36-21-13-15-26(3)37(30)36)29-22-23-35-32(24-29)31-18-10-12-20-34(31)38(35,28-16-7-6-8-17-28)33-19-11-9-14-25(33)2/h6-14,16-27,30,33H,5,15H2,1-4H3. The van der Waals surface area contributed by atoms with E-state index in [0.29, 0.717) is 29.7 Å². The molecule has 3 aromatic rings. The summed E-state index contributed by atoms with van der Waals surface area (Å²) in [6.45, 7) is 9.59. The third-order valence-corrected chi connectivity index (χ3v) is 10.2. The number of benzene rings is 3. The van der Waals surface area contributed by atoms with Gasteiger partial charge in [-0.3, -0.25) is 0 Å². The van der Waals surface area contributed by atoms with Gasteiger partial charge in [-0.05, 0) is 83.2 Å². The van der Waals surface area contributed by atoms with E-state index >= 15 is 0 Å². The number of hydrogen-bond acceptors (Lipinski definition) is 1. The summed E-state index contributed by atoms with van der Waals surface area (Å²) < 4.78 is 0. The van der Waals surface area contributed by atoms with Crippen LogP contribution in [0.4, 0.5) is 5.69 Å². The highest BCUT2D eigenvalue weighted by molar-refractivity contribution is 5.86. The van der Waals surface area contributed by atoms with E-state index in [-0.39, 0.29) is 5.41 Å². The summed E-state index contributed by atoms with van der Waals surface area (Å²) in [5.41, 5.74) is 11.3. The molecule has 196 valence electrons. The van der Waals surface area contributed by atoms with Gasteiger partial charge in [-0.25, -0.2) is 0 Å². The van der Waals surface area contributed by atoms with E-state index in [1.54, 1.807) is 5.57 Å².